The summed E-state index contributed by atoms with van der Waals surface area (Å²) in [6.45, 7) is 2.41. The lowest BCUT2D eigenvalue weighted by atomic mass is 10.3. The van der Waals surface area contributed by atoms with Crippen molar-refractivity contribution in [3.8, 4) is 0 Å². The summed E-state index contributed by atoms with van der Waals surface area (Å²) >= 11 is 0. The van der Waals surface area contributed by atoms with Gasteiger partial charge in [0.1, 0.15) is 0 Å². The van der Waals surface area contributed by atoms with Crippen LogP contribution in [0, 0.1) is 0 Å². The van der Waals surface area contributed by atoms with Gasteiger partial charge in [-0.1, -0.05) is 6.58 Å². The van der Waals surface area contributed by atoms with Crippen molar-refractivity contribution in [2.75, 3.05) is 0 Å². The Labute approximate surface area is 53.0 Å². The molecule has 6 heteroatoms. The second-order valence-corrected chi connectivity index (χ2v) is 1.42. The van der Waals surface area contributed by atoms with Gasteiger partial charge in [-0.25, -0.2) is 0 Å². The van der Waals surface area contributed by atoms with Crippen LogP contribution < -0.4 is 0 Å². The molecule has 10 heavy (non-hydrogen) atoms. The maximum Gasteiger partial charge on any atom is 0.455 e. The normalized spacial score (nSPS) is 18.1. The molecule has 0 aliphatic heterocycles. The van der Waals surface area contributed by atoms with E-state index < -0.39 is 12.0 Å². The summed E-state index contributed by atoms with van der Waals surface area (Å²) in [5.74, 6) is -4.38. The topological polar surface area (TPSA) is 9.23 Å². The van der Waals surface area contributed by atoms with Gasteiger partial charge in [-0.15, -0.1) is 4.94 Å². The van der Waals surface area contributed by atoms with Crippen molar-refractivity contribution in [1.29, 1.82) is 0 Å². The molecule has 0 fully saturated rings. The highest BCUT2D eigenvalue weighted by atomic mass is 19.4. The molecular weight excluding hydrogens is 159 g/mol. The minimum atomic E-state index is -5.43. The Morgan fingerprint density at radius 2 is 1.60 bits per heavy atom. The smallest absolute Gasteiger partial charge is 0.194 e. The van der Waals surface area contributed by atoms with Gasteiger partial charge in [-0.3, -0.25) is 0 Å². The molecule has 0 rings (SSSR count). The summed E-state index contributed by atoms with van der Waals surface area (Å²) in [5, 5.41) is 0. The highest BCUT2D eigenvalue weighted by molar-refractivity contribution is 4.93. The van der Waals surface area contributed by atoms with Crippen LogP contribution in [-0.4, -0.2) is 12.0 Å². The third-order valence-electron chi connectivity index (χ3n) is 0.761. The summed E-state index contributed by atoms with van der Waals surface area (Å²) in [6, 6.07) is 0. The summed E-state index contributed by atoms with van der Waals surface area (Å²) in [6.07, 6.45) is -5.74. The molecule has 1 atom stereocenters. The molecule has 0 aromatic carbocycles. The average Bonchev–Trinajstić information content (AvgIpc) is 1.84. The predicted molar refractivity (Wildman–Crippen MR) is 22.3 cm³/mol. The van der Waals surface area contributed by atoms with Gasteiger partial charge in [-0.2, -0.15) is 17.6 Å². The molecule has 1 unspecified atom stereocenters. The van der Waals surface area contributed by atoms with Crippen molar-refractivity contribution in [1.82, 2.24) is 0 Å². The Balaban J connectivity index is 4.48. The highest BCUT2D eigenvalue weighted by Gasteiger charge is 2.57. The molecule has 0 aliphatic rings. The van der Waals surface area contributed by atoms with Crippen LogP contribution in [0.1, 0.15) is 0 Å². The SMILES string of the molecule is C=CC(F)(OF)C(F)(F)F. The van der Waals surface area contributed by atoms with Gasteiger partial charge in [0.05, 0.1) is 0 Å². The fraction of sp³-hybridized carbons (Fsp3) is 0.500. The fourth-order valence-corrected chi connectivity index (χ4v) is 0.191. The van der Waals surface area contributed by atoms with Gasteiger partial charge < -0.3 is 0 Å². The van der Waals surface area contributed by atoms with E-state index >= 15 is 0 Å². The maximum atomic E-state index is 11.9. The largest absolute Gasteiger partial charge is 0.455 e. The van der Waals surface area contributed by atoms with Gasteiger partial charge in [-0.05, 0) is 10.6 Å². The van der Waals surface area contributed by atoms with Crippen LogP contribution in [0.3, 0.4) is 0 Å². The molecule has 0 saturated heterocycles. The molecule has 1 nitrogen and oxygen atoms in total. The molecule has 0 spiro atoms. The van der Waals surface area contributed by atoms with Crippen molar-refractivity contribution in [2.24, 2.45) is 0 Å². The van der Waals surface area contributed by atoms with Crippen molar-refractivity contribution < 1.29 is 27.0 Å². The van der Waals surface area contributed by atoms with E-state index in [1.165, 1.54) is 0 Å². The first kappa shape index (κ1) is 9.35. The average molecular weight is 162 g/mol. The Morgan fingerprint density at radius 3 is 1.60 bits per heavy atom. The van der Waals surface area contributed by atoms with E-state index in [1.807, 2.05) is 4.94 Å². The first-order valence-corrected chi connectivity index (χ1v) is 2.06. The van der Waals surface area contributed by atoms with Gasteiger partial charge >= 0.3 is 12.0 Å². The molecule has 0 saturated carbocycles. The minimum Gasteiger partial charge on any atom is -0.194 e. The molecule has 0 heterocycles. The number of rotatable bonds is 2. The van der Waals surface area contributed by atoms with E-state index in [2.05, 4.69) is 6.58 Å². The van der Waals surface area contributed by atoms with Crippen LogP contribution in [-0.2, 0) is 4.94 Å². The number of hydrogen-bond donors (Lipinski definition) is 0. The fourth-order valence-electron chi connectivity index (χ4n) is 0.191. The maximum absolute atomic E-state index is 11.9. The lowest BCUT2D eigenvalue weighted by Crippen LogP contribution is -2.39. The summed E-state index contributed by atoms with van der Waals surface area (Å²) in [7, 11) is 0. The van der Waals surface area contributed by atoms with Gasteiger partial charge in [0.2, 0.25) is 0 Å². The summed E-state index contributed by atoms with van der Waals surface area (Å²) in [5.41, 5.74) is 0. The second-order valence-electron chi connectivity index (χ2n) is 1.42. The van der Waals surface area contributed by atoms with Gasteiger partial charge in [0.25, 0.3) is 0 Å². The number of alkyl halides is 4. The molecular formula is C4H3F5O. The molecule has 0 aliphatic carbocycles. The van der Waals surface area contributed by atoms with Crippen molar-refractivity contribution >= 4 is 0 Å². The zero-order valence-corrected chi connectivity index (χ0v) is 4.58. The summed E-state index contributed by atoms with van der Waals surface area (Å²) in [4.78, 5) is 2.04. The lowest BCUT2D eigenvalue weighted by molar-refractivity contribution is -0.379. The van der Waals surface area contributed by atoms with E-state index in [9.17, 15) is 22.1 Å². The number of halogens is 5. The Hall–Kier alpha value is -0.650. The monoisotopic (exact) mass is 162 g/mol. The molecule has 60 valence electrons. The lowest BCUT2D eigenvalue weighted by Gasteiger charge is -2.18. The minimum absolute atomic E-state index is 0.312. The molecule has 0 aromatic rings. The molecule has 0 N–H and O–H groups in total. The molecule has 0 amide bonds. The van der Waals surface area contributed by atoms with Crippen LogP contribution in [0.4, 0.5) is 22.1 Å². The third-order valence-corrected chi connectivity index (χ3v) is 0.761. The molecule has 0 bridgehead atoms. The van der Waals surface area contributed by atoms with Crippen LogP contribution in [0.15, 0.2) is 12.7 Å². The second kappa shape index (κ2) is 2.53. The van der Waals surface area contributed by atoms with Crippen LogP contribution >= 0.6 is 0 Å². The van der Waals surface area contributed by atoms with Crippen molar-refractivity contribution in [3.05, 3.63) is 12.7 Å². The van der Waals surface area contributed by atoms with E-state index in [4.69, 9.17) is 0 Å². The Bertz CT molecular complexity index is 130. The molecule has 0 aromatic heterocycles. The van der Waals surface area contributed by atoms with E-state index in [1.54, 1.807) is 0 Å². The van der Waals surface area contributed by atoms with Crippen LogP contribution in [0.25, 0.3) is 0 Å². The third kappa shape index (κ3) is 1.44. The Morgan fingerprint density at radius 1 is 1.20 bits per heavy atom. The molecule has 0 radical (unpaired) electrons. The highest BCUT2D eigenvalue weighted by Crippen LogP contribution is 2.35. The first-order valence-electron chi connectivity index (χ1n) is 2.06. The predicted octanol–water partition coefficient (Wildman–Crippen LogP) is 2.30. The summed E-state index contributed by atoms with van der Waals surface area (Å²) < 4.78 is 56.7. The number of hydrogen-bond acceptors (Lipinski definition) is 1. The van der Waals surface area contributed by atoms with E-state index in [0.717, 1.165) is 0 Å². The van der Waals surface area contributed by atoms with Crippen molar-refractivity contribution in [3.63, 3.8) is 0 Å². The van der Waals surface area contributed by atoms with E-state index in [-0.39, 0.29) is 6.08 Å². The van der Waals surface area contributed by atoms with Gasteiger partial charge in [0, 0.05) is 0 Å². The first-order chi connectivity index (χ1) is 4.37. The Kier molecular flexibility index (Phi) is 2.37. The van der Waals surface area contributed by atoms with Crippen LogP contribution in [0.5, 0.6) is 0 Å². The quantitative estimate of drug-likeness (QED) is 0.447. The zero-order chi connectivity index (χ0) is 8.41. The zero-order valence-electron chi connectivity index (χ0n) is 4.58. The van der Waals surface area contributed by atoms with E-state index in [0.29, 0.717) is 0 Å². The van der Waals surface area contributed by atoms with Crippen LogP contribution in [0.2, 0.25) is 0 Å². The standard InChI is InChI=1S/C4H3F5O/c1-2-3(5,10-9)4(6,7)8/h2H,1H2. The van der Waals surface area contributed by atoms with Crippen molar-refractivity contribution in [2.45, 2.75) is 12.0 Å². The van der Waals surface area contributed by atoms with Gasteiger partial charge in [0.15, 0.2) is 0 Å².